The summed E-state index contributed by atoms with van der Waals surface area (Å²) < 4.78 is 5.24. The molecule has 0 radical (unpaired) electrons. The molecule has 0 spiro atoms. The maximum atomic E-state index is 12.0. The molecule has 0 aromatic carbocycles. The predicted molar refractivity (Wildman–Crippen MR) is 67.0 cm³/mol. The Morgan fingerprint density at radius 2 is 2.26 bits per heavy atom. The molecule has 104 valence electrons. The Morgan fingerprint density at radius 1 is 1.53 bits per heavy atom. The van der Waals surface area contributed by atoms with Gasteiger partial charge in [0.15, 0.2) is 5.60 Å². The van der Waals surface area contributed by atoms with Crippen LogP contribution in [0.25, 0.3) is 0 Å². The van der Waals surface area contributed by atoms with Crippen molar-refractivity contribution in [2.45, 2.75) is 50.4 Å². The van der Waals surface area contributed by atoms with Gasteiger partial charge in [0, 0.05) is 5.92 Å². The molecule has 5 nitrogen and oxygen atoms in total. The normalized spacial score (nSPS) is 46.1. The van der Waals surface area contributed by atoms with E-state index in [0.717, 1.165) is 19.3 Å². The summed E-state index contributed by atoms with van der Waals surface area (Å²) in [6, 6.07) is 0. The van der Waals surface area contributed by atoms with Gasteiger partial charge in [-0.2, -0.15) is 0 Å². The molecule has 19 heavy (non-hydrogen) atoms. The first-order chi connectivity index (χ1) is 8.93. The summed E-state index contributed by atoms with van der Waals surface area (Å²) in [5, 5.41) is 13.4. The second-order valence-electron chi connectivity index (χ2n) is 5.98. The number of allylic oxidation sites excluding steroid dienone is 1. The van der Waals surface area contributed by atoms with E-state index in [4.69, 9.17) is 4.74 Å². The number of ether oxygens (including phenoxy) is 1. The Morgan fingerprint density at radius 3 is 2.79 bits per heavy atom. The zero-order valence-corrected chi connectivity index (χ0v) is 11.2. The molecule has 1 unspecified atom stereocenters. The Bertz CT molecular complexity index is 474. The van der Waals surface area contributed by atoms with Gasteiger partial charge in [-0.3, -0.25) is 4.79 Å². The predicted octanol–water partition coefficient (Wildman–Crippen LogP) is 0.524. The Hall–Kier alpha value is -1.36. The highest BCUT2D eigenvalue weighted by molar-refractivity contribution is 6.01. The molecule has 3 aliphatic rings. The van der Waals surface area contributed by atoms with E-state index < -0.39 is 29.1 Å². The van der Waals surface area contributed by atoms with Crippen LogP contribution in [0.3, 0.4) is 0 Å². The molecule has 2 heterocycles. The molecule has 2 saturated heterocycles. The van der Waals surface area contributed by atoms with Crippen molar-refractivity contribution in [1.82, 2.24) is 5.32 Å². The molecule has 0 bridgehead atoms. The third-order valence-corrected chi connectivity index (χ3v) is 5.09. The van der Waals surface area contributed by atoms with E-state index in [1.54, 1.807) is 13.8 Å². The third kappa shape index (κ3) is 1.34. The van der Waals surface area contributed by atoms with Crippen LogP contribution in [0.15, 0.2) is 12.2 Å². The Balaban J connectivity index is 1.97. The molecular formula is C14H19NO4. The summed E-state index contributed by atoms with van der Waals surface area (Å²) in [7, 11) is 0. The summed E-state index contributed by atoms with van der Waals surface area (Å²) in [4.78, 5) is 23.9. The molecule has 5 atom stereocenters. The zero-order valence-electron chi connectivity index (χ0n) is 11.2. The maximum Gasteiger partial charge on any atom is 0.339 e. The number of aliphatic hydroxyl groups is 1. The lowest BCUT2D eigenvalue weighted by molar-refractivity contribution is -0.237. The monoisotopic (exact) mass is 265 g/mol. The number of aliphatic hydroxyl groups excluding tert-OH is 1. The van der Waals surface area contributed by atoms with E-state index >= 15 is 0 Å². The molecule has 0 aromatic heterocycles. The van der Waals surface area contributed by atoms with Gasteiger partial charge in [-0.05, 0) is 33.1 Å². The number of carbonyl (C=O) groups excluding carboxylic acids is 2. The van der Waals surface area contributed by atoms with Gasteiger partial charge < -0.3 is 15.2 Å². The SMILES string of the molecule is CC1C(=O)N[C@@]2([C@@H](O)[C@@H]3C=CCCC3)C(=O)O[C@@]12C. The summed E-state index contributed by atoms with van der Waals surface area (Å²) in [6.45, 7) is 3.46. The summed E-state index contributed by atoms with van der Waals surface area (Å²) >= 11 is 0. The summed E-state index contributed by atoms with van der Waals surface area (Å²) in [6.07, 6.45) is 5.86. The van der Waals surface area contributed by atoms with E-state index in [0.29, 0.717) is 0 Å². The van der Waals surface area contributed by atoms with E-state index in [-0.39, 0.29) is 11.8 Å². The van der Waals surface area contributed by atoms with Crippen LogP contribution in [0.1, 0.15) is 33.1 Å². The quantitative estimate of drug-likeness (QED) is 0.564. The number of amides is 1. The van der Waals surface area contributed by atoms with Crippen molar-refractivity contribution in [3.8, 4) is 0 Å². The van der Waals surface area contributed by atoms with E-state index in [9.17, 15) is 14.7 Å². The number of carbonyl (C=O) groups is 2. The molecule has 2 fully saturated rings. The fourth-order valence-electron chi connectivity index (χ4n) is 3.58. The van der Waals surface area contributed by atoms with Crippen LogP contribution in [0.5, 0.6) is 0 Å². The van der Waals surface area contributed by atoms with Crippen LogP contribution in [-0.4, -0.2) is 34.2 Å². The van der Waals surface area contributed by atoms with Crippen molar-refractivity contribution in [2.75, 3.05) is 0 Å². The molecule has 1 aliphatic carbocycles. The largest absolute Gasteiger partial charge is 0.453 e. The van der Waals surface area contributed by atoms with E-state index in [1.165, 1.54) is 0 Å². The fraction of sp³-hybridized carbons (Fsp3) is 0.714. The number of hydrogen-bond acceptors (Lipinski definition) is 4. The fourth-order valence-corrected chi connectivity index (χ4v) is 3.58. The topological polar surface area (TPSA) is 75.6 Å². The number of hydrogen-bond donors (Lipinski definition) is 2. The van der Waals surface area contributed by atoms with Gasteiger partial charge in [0.2, 0.25) is 11.4 Å². The van der Waals surface area contributed by atoms with Crippen molar-refractivity contribution in [1.29, 1.82) is 0 Å². The number of fused-ring (bicyclic) bond motifs is 1. The highest BCUT2D eigenvalue weighted by Crippen LogP contribution is 2.52. The van der Waals surface area contributed by atoms with E-state index in [1.807, 2.05) is 12.2 Å². The number of nitrogens with one attached hydrogen (secondary N) is 1. The standard InChI is InChI=1S/C14H19NO4/c1-8-11(17)15-14(12(18)19-13(8,14)2)10(16)9-6-4-3-5-7-9/h4,6,8-10,16H,3,5,7H2,1-2H3,(H,15,17)/t8?,9-,10+,13+,14+/m1/s1. The highest BCUT2D eigenvalue weighted by Gasteiger charge is 2.78. The second kappa shape index (κ2) is 3.82. The average Bonchev–Trinajstić information content (AvgIpc) is 2.57. The third-order valence-electron chi connectivity index (χ3n) is 5.09. The van der Waals surface area contributed by atoms with Gasteiger partial charge in [-0.25, -0.2) is 4.79 Å². The lowest BCUT2D eigenvalue weighted by Crippen LogP contribution is -2.79. The molecule has 1 amide bonds. The van der Waals surface area contributed by atoms with Crippen LogP contribution in [-0.2, 0) is 14.3 Å². The van der Waals surface area contributed by atoms with Crippen molar-refractivity contribution >= 4 is 11.9 Å². The Labute approximate surface area is 112 Å². The maximum absolute atomic E-state index is 12.0. The first kappa shape index (κ1) is 12.7. The smallest absolute Gasteiger partial charge is 0.339 e. The molecule has 0 aromatic rings. The van der Waals surface area contributed by atoms with Gasteiger partial charge in [0.1, 0.15) is 0 Å². The van der Waals surface area contributed by atoms with E-state index in [2.05, 4.69) is 5.32 Å². The number of esters is 1. The van der Waals surface area contributed by atoms with Crippen LogP contribution >= 0.6 is 0 Å². The summed E-state index contributed by atoms with van der Waals surface area (Å²) in [5.74, 6) is -1.29. The first-order valence-corrected chi connectivity index (χ1v) is 6.83. The van der Waals surface area contributed by atoms with Crippen LogP contribution in [0.4, 0.5) is 0 Å². The minimum absolute atomic E-state index is 0.105. The van der Waals surface area contributed by atoms with Crippen LogP contribution < -0.4 is 5.32 Å². The average molecular weight is 265 g/mol. The molecule has 2 N–H and O–H groups in total. The first-order valence-electron chi connectivity index (χ1n) is 6.83. The second-order valence-corrected chi connectivity index (χ2v) is 5.98. The van der Waals surface area contributed by atoms with Gasteiger partial charge >= 0.3 is 5.97 Å². The van der Waals surface area contributed by atoms with Crippen molar-refractivity contribution in [2.24, 2.45) is 11.8 Å². The molecule has 0 saturated carbocycles. The van der Waals surface area contributed by atoms with Crippen molar-refractivity contribution in [3.05, 3.63) is 12.2 Å². The molecule has 5 heteroatoms. The van der Waals surface area contributed by atoms with Gasteiger partial charge in [0.25, 0.3) is 0 Å². The molecule has 3 rings (SSSR count). The lowest BCUT2D eigenvalue weighted by atomic mass is 9.65. The van der Waals surface area contributed by atoms with Crippen LogP contribution in [0.2, 0.25) is 0 Å². The Kier molecular flexibility index (Phi) is 2.55. The zero-order chi connectivity index (χ0) is 13.8. The van der Waals surface area contributed by atoms with Crippen LogP contribution in [0, 0.1) is 11.8 Å². The lowest BCUT2D eigenvalue weighted by Gasteiger charge is -2.54. The number of rotatable bonds is 2. The minimum atomic E-state index is -1.27. The summed E-state index contributed by atoms with van der Waals surface area (Å²) in [5.41, 5.74) is -2.21. The highest BCUT2D eigenvalue weighted by atomic mass is 16.6. The minimum Gasteiger partial charge on any atom is -0.453 e. The molecule has 2 aliphatic heterocycles. The van der Waals surface area contributed by atoms with Gasteiger partial charge in [-0.15, -0.1) is 0 Å². The van der Waals surface area contributed by atoms with Gasteiger partial charge in [-0.1, -0.05) is 12.2 Å². The van der Waals surface area contributed by atoms with Crippen molar-refractivity contribution in [3.63, 3.8) is 0 Å². The van der Waals surface area contributed by atoms with Crippen molar-refractivity contribution < 1.29 is 19.4 Å². The molecular weight excluding hydrogens is 246 g/mol. The van der Waals surface area contributed by atoms with Gasteiger partial charge in [0.05, 0.1) is 12.0 Å².